The van der Waals surface area contributed by atoms with Gasteiger partial charge in [-0.3, -0.25) is 0 Å². The summed E-state index contributed by atoms with van der Waals surface area (Å²) in [6, 6.07) is 6.63. The zero-order valence-electron chi connectivity index (χ0n) is 9.09. The van der Waals surface area contributed by atoms with Gasteiger partial charge in [-0.05, 0) is 0 Å². The molecule has 0 aliphatic carbocycles. The van der Waals surface area contributed by atoms with Crippen LogP contribution in [0.1, 0.15) is 5.56 Å². The monoisotopic (exact) mass is 188 g/mol. The molecule has 3 nitrogen and oxygen atoms in total. The second-order valence-electron chi connectivity index (χ2n) is 2.53. The third-order valence-electron chi connectivity index (χ3n) is 1.68. The minimum Gasteiger partial charge on any atom is -0.551 e. The third kappa shape index (κ3) is 3.26. The molecule has 0 aromatic heterocycles. The molecule has 0 spiro atoms. The molecule has 0 saturated heterocycles. The number of methoxy groups -OCH3 is 3. The van der Waals surface area contributed by atoms with Crippen molar-refractivity contribution in [2.75, 3.05) is 21.3 Å². The van der Waals surface area contributed by atoms with E-state index >= 15 is 0 Å². The van der Waals surface area contributed by atoms with Crippen LogP contribution in [0.3, 0.4) is 0 Å². The van der Waals surface area contributed by atoms with Crippen molar-refractivity contribution in [2.45, 2.75) is 6.61 Å². The molecule has 4 heteroatoms. The Morgan fingerprint density at radius 2 is 1.79 bits per heavy atom. The first-order valence-electron chi connectivity index (χ1n) is 3.93. The van der Waals surface area contributed by atoms with Crippen molar-refractivity contribution in [1.29, 1.82) is 0 Å². The number of rotatable bonds is 4. The largest absolute Gasteiger partial charge is 1.00 e. The minimum atomic E-state index is 0. The van der Waals surface area contributed by atoms with Gasteiger partial charge in [0, 0.05) is 19.5 Å². The summed E-state index contributed by atoms with van der Waals surface area (Å²) in [5.41, 5.74) is 0.945. The normalized spacial score (nSPS) is 9.07. The number of hydrogen-bond acceptors (Lipinski definition) is 3. The van der Waals surface area contributed by atoms with E-state index in [0.717, 1.165) is 5.56 Å². The molecule has 14 heavy (non-hydrogen) atoms. The van der Waals surface area contributed by atoms with Crippen LogP contribution in [-0.4, -0.2) is 21.3 Å². The van der Waals surface area contributed by atoms with Crippen molar-refractivity contribution in [3.8, 4) is 11.5 Å². The van der Waals surface area contributed by atoms with Crippen molar-refractivity contribution in [3.63, 3.8) is 0 Å². The summed E-state index contributed by atoms with van der Waals surface area (Å²) in [6.45, 7) is 0.528. The Morgan fingerprint density at radius 3 is 2.29 bits per heavy atom. The fourth-order valence-electron chi connectivity index (χ4n) is 1.06. The molecule has 0 radical (unpaired) electrons. The third-order valence-corrected chi connectivity index (χ3v) is 1.68. The fourth-order valence-corrected chi connectivity index (χ4v) is 1.06. The first kappa shape index (κ1) is 13.4. The standard InChI is InChI=1S/C10H13O3.Li/c1-11-7-8-4-5-9(12-2)10(6-8)13-3;/h5-6H,7H2,1-3H3;/q-1;+1. The van der Waals surface area contributed by atoms with E-state index in [9.17, 15) is 0 Å². The van der Waals surface area contributed by atoms with Gasteiger partial charge in [0.1, 0.15) is 0 Å². The summed E-state index contributed by atoms with van der Waals surface area (Å²) < 4.78 is 15.2. The maximum Gasteiger partial charge on any atom is 1.00 e. The van der Waals surface area contributed by atoms with Crippen LogP contribution >= 0.6 is 0 Å². The van der Waals surface area contributed by atoms with Crippen LogP contribution < -0.4 is 28.3 Å². The fraction of sp³-hybridized carbons (Fsp3) is 0.400. The number of benzene rings is 1. The molecule has 0 N–H and O–H groups in total. The van der Waals surface area contributed by atoms with E-state index < -0.39 is 0 Å². The van der Waals surface area contributed by atoms with E-state index in [-0.39, 0.29) is 18.9 Å². The average Bonchev–Trinajstić information content (AvgIpc) is 2.18. The predicted octanol–water partition coefficient (Wildman–Crippen LogP) is -1.35. The molecule has 72 valence electrons. The van der Waals surface area contributed by atoms with Gasteiger partial charge >= 0.3 is 18.9 Å². The maximum absolute atomic E-state index is 5.12. The molecular weight excluding hydrogens is 175 g/mol. The Bertz CT molecular complexity index is 276. The Morgan fingerprint density at radius 1 is 1.14 bits per heavy atom. The number of hydrogen-bond donors (Lipinski definition) is 0. The first-order valence-corrected chi connectivity index (χ1v) is 3.93. The van der Waals surface area contributed by atoms with Crippen molar-refractivity contribution >= 4 is 0 Å². The summed E-state index contributed by atoms with van der Waals surface area (Å²) in [4.78, 5) is 0. The smallest absolute Gasteiger partial charge is 0.551 e. The zero-order valence-corrected chi connectivity index (χ0v) is 9.09. The van der Waals surface area contributed by atoms with E-state index in [0.29, 0.717) is 18.1 Å². The Labute approximate surface area is 96.5 Å². The van der Waals surface area contributed by atoms with E-state index in [4.69, 9.17) is 14.2 Å². The van der Waals surface area contributed by atoms with Crippen LogP contribution in [0.25, 0.3) is 0 Å². The van der Waals surface area contributed by atoms with Crippen LogP contribution in [0.5, 0.6) is 11.5 Å². The quantitative estimate of drug-likeness (QED) is 0.432. The minimum absolute atomic E-state index is 0. The van der Waals surface area contributed by atoms with Crippen LogP contribution in [0.15, 0.2) is 12.1 Å². The first-order chi connectivity index (χ1) is 6.31. The maximum atomic E-state index is 5.12. The molecule has 1 rings (SSSR count). The molecule has 0 heterocycles. The average molecular weight is 188 g/mol. The van der Waals surface area contributed by atoms with Crippen molar-refractivity contribution in [1.82, 2.24) is 0 Å². The van der Waals surface area contributed by atoms with Gasteiger partial charge in [-0.2, -0.15) is 6.07 Å². The summed E-state index contributed by atoms with van der Waals surface area (Å²) in [5, 5.41) is 0. The summed E-state index contributed by atoms with van der Waals surface area (Å²) in [7, 11) is 4.85. The second-order valence-corrected chi connectivity index (χ2v) is 2.53. The van der Waals surface area contributed by atoms with E-state index in [1.165, 1.54) is 0 Å². The Kier molecular flexibility index (Phi) is 6.47. The Hall–Kier alpha value is -0.623. The molecular formula is C10H13LiO3. The Balaban J connectivity index is 0.00000169. The van der Waals surface area contributed by atoms with Gasteiger partial charge in [-0.15, -0.1) is 17.7 Å². The van der Waals surface area contributed by atoms with Gasteiger partial charge in [0.15, 0.2) is 0 Å². The SMILES string of the molecule is COCc1[c-]cc(OC)c(OC)c1.[Li+]. The van der Waals surface area contributed by atoms with Crippen molar-refractivity contribution < 1.29 is 33.1 Å². The number of ether oxygens (including phenoxy) is 3. The van der Waals surface area contributed by atoms with Crippen LogP contribution in [0, 0.1) is 6.07 Å². The molecule has 0 amide bonds. The molecule has 0 atom stereocenters. The molecule has 0 unspecified atom stereocenters. The molecule has 0 saturated carbocycles. The van der Waals surface area contributed by atoms with Gasteiger partial charge in [-0.1, -0.05) is 0 Å². The zero-order chi connectivity index (χ0) is 9.68. The summed E-state index contributed by atoms with van der Waals surface area (Å²) >= 11 is 0. The van der Waals surface area contributed by atoms with Gasteiger partial charge in [0.25, 0.3) is 0 Å². The van der Waals surface area contributed by atoms with Crippen molar-refractivity contribution in [2.24, 2.45) is 0 Å². The predicted molar refractivity (Wildman–Crippen MR) is 49.1 cm³/mol. The van der Waals surface area contributed by atoms with Crippen molar-refractivity contribution in [3.05, 3.63) is 23.8 Å². The van der Waals surface area contributed by atoms with E-state index in [1.807, 2.05) is 6.07 Å². The summed E-state index contributed by atoms with van der Waals surface area (Å²) in [5.74, 6) is 1.38. The second kappa shape index (κ2) is 6.78. The van der Waals surface area contributed by atoms with Gasteiger partial charge in [0.05, 0.1) is 20.0 Å². The van der Waals surface area contributed by atoms with Gasteiger partial charge in [-0.25, -0.2) is 0 Å². The molecule has 0 aliphatic rings. The topological polar surface area (TPSA) is 27.7 Å². The molecule has 1 aromatic rings. The van der Waals surface area contributed by atoms with Crippen LogP contribution in [-0.2, 0) is 11.3 Å². The van der Waals surface area contributed by atoms with Crippen LogP contribution in [0.2, 0.25) is 0 Å². The van der Waals surface area contributed by atoms with E-state index in [1.54, 1.807) is 27.4 Å². The van der Waals surface area contributed by atoms with Crippen LogP contribution in [0.4, 0.5) is 0 Å². The molecule has 0 bridgehead atoms. The summed E-state index contributed by atoms with van der Waals surface area (Å²) in [6.07, 6.45) is 0. The van der Waals surface area contributed by atoms with E-state index in [2.05, 4.69) is 6.07 Å². The molecule has 0 aliphatic heterocycles. The van der Waals surface area contributed by atoms with Gasteiger partial charge < -0.3 is 14.2 Å². The molecule has 1 aromatic carbocycles. The molecule has 0 fully saturated rings. The van der Waals surface area contributed by atoms with Gasteiger partial charge in [0.2, 0.25) is 0 Å².